The molecule has 2 aliphatic carbocycles. The second-order valence-electron chi connectivity index (χ2n) is 9.76. The molecule has 0 spiro atoms. The first-order valence-corrected chi connectivity index (χ1v) is 12.5. The molecule has 3 aliphatic rings. The average molecular weight is 487 g/mol. The summed E-state index contributed by atoms with van der Waals surface area (Å²) >= 11 is 0. The maximum Gasteiger partial charge on any atom is 0.342 e. The van der Waals surface area contributed by atoms with Crippen molar-refractivity contribution in [2.75, 3.05) is 0 Å². The largest absolute Gasteiger partial charge is 0.459 e. The molecule has 2 heterocycles. The van der Waals surface area contributed by atoms with Crippen molar-refractivity contribution in [3.05, 3.63) is 44.7 Å². The lowest BCUT2D eigenvalue weighted by molar-refractivity contribution is -0.391. The maximum absolute atomic E-state index is 13.5. The monoisotopic (exact) mass is 486 g/mol. The van der Waals surface area contributed by atoms with Crippen LogP contribution in [-0.2, 0) is 26.1 Å². The summed E-state index contributed by atoms with van der Waals surface area (Å²) in [6, 6.07) is 0. The van der Waals surface area contributed by atoms with Crippen molar-refractivity contribution in [3.8, 4) is 0 Å². The molecule has 0 radical (unpaired) electrons. The third kappa shape index (κ3) is 5.26. The Morgan fingerprint density at radius 3 is 1.80 bits per heavy atom. The molecule has 0 unspecified atom stereocenters. The molecule has 1 N–H and O–H groups in total. The van der Waals surface area contributed by atoms with Crippen molar-refractivity contribution in [2.24, 2.45) is 7.05 Å². The van der Waals surface area contributed by atoms with E-state index in [2.05, 4.69) is 10.3 Å². The Labute approximate surface area is 204 Å². The van der Waals surface area contributed by atoms with Crippen molar-refractivity contribution < 1.29 is 24.0 Å². The highest BCUT2D eigenvalue weighted by atomic mass is 16.6. The van der Waals surface area contributed by atoms with Gasteiger partial charge >= 0.3 is 17.8 Å². The van der Waals surface area contributed by atoms with Crippen LogP contribution in [0.15, 0.2) is 28.7 Å². The molecule has 190 valence electrons. The van der Waals surface area contributed by atoms with Crippen LogP contribution < -0.4 is 5.32 Å². The Morgan fingerprint density at radius 1 is 0.943 bits per heavy atom. The summed E-state index contributed by atoms with van der Waals surface area (Å²) in [5, 5.41) is 14.7. The minimum absolute atomic E-state index is 0.183. The van der Waals surface area contributed by atoms with Gasteiger partial charge in [-0.25, -0.2) is 19.1 Å². The molecule has 10 heteroatoms. The second-order valence-corrected chi connectivity index (χ2v) is 9.76. The van der Waals surface area contributed by atoms with Crippen LogP contribution in [0.4, 0.5) is 5.82 Å². The van der Waals surface area contributed by atoms with E-state index >= 15 is 0 Å². The van der Waals surface area contributed by atoms with Crippen LogP contribution in [0.1, 0.15) is 89.8 Å². The predicted octanol–water partition coefficient (Wildman–Crippen LogP) is 4.31. The predicted molar refractivity (Wildman–Crippen MR) is 127 cm³/mol. The van der Waals surface area contributed by atoms with Gasteiger partial charge in [-0.3, -0.25) is 0 Å². The number of rotatable bonds is 6. The van der Waals surface area contributed by atoms with Gasteiger partial charge in [-0.05, 0) is 70.1 Å². The lowest BCUT2D eigenvalue weighted by atomic mass is 9.84. The zero-order chi connectivity index (χ0) is 25.1. The van der Waals surface area contributed by atoms with Crippen molar-refractivity contribution in [3.63, 3.8) is 0 Å². The van der Waals surface area contributed by atoms with Crippen LogP contribution in [-0.4, -0.2) is 38.6 Å². The molecule has 1 aromatic rings. The molecule has 0 atom stereocenters. The number of aromatic nitrogens is 2. The quantitative estimate of drug-likeness (QED) is 0.358. The maximum atomic E-state index is 13.5. The molecule has 2 saturated carbocycles. The number of ether oxygens (including phenoxy) is 2. The van der Waals surface area contributed by atoms with Crippen molar-refractivity contribution >= 4 is 17.8 Å². The van der Waals surface area contributed by atoms with E-state index in [-0.39, 0.29) is 35.0 Å². The molecule has 0 saturated heterocycles. The number of carbonyl (C=O) groups excluding carboxylic acids is 2. The molecule has 35 heavy (non-hydrogen) atoms. The molecule has 1 aliphatic heterocycles. The molecular formula is C25H34N4O6. The third-order valence-electron chi connectivity index (χ3n) is 7.30. The van der Waals surface area contributed by atoms with E-state index in [0.717, 1.165) is 70.4 Å². The first-order chi connectivity index (χ1) is 16.8. The molecule has 0 aromatic carbocycles. The van der Waals surface area contributed by atoms with Crippen LogP contribution in [0.5, 0.6) is 0 Å². The van der Waals surface area contributed by atoms with Crippen molar-refractivity contribution in [1.82, 2.24) is 14.9 Å². The van der Waals surface area contributed by atoms with E-state index < -0.39 is 22.8 Å². The fourth-order valence-electron chi connectivity index (χ4n) is 5.44. The normalized spacial score (nSPS) is 20.5. The molecule has 0 amide bonds. The Morgan fingerprint density at radius 2 is 1.40 bits per heavy atom. The van der Waals surface area contributed by atoms with Gasteiger partial charge in [0.15, 0.2) is 0 Å². The standard InChI is InChI=1S/C25H34N4O6/c1-15-20(24(30)34-17-10-6-4-7-11-17)22(23-26-14-19(28(23)3)29(32)33)21(16(2)27-15)25(31)35-18-12-8-5-9-13-18/h14,17-18,22,27H,4-13H2,1-3H3. The summed E-state index contributed by atoms with van der Waals surface area (Å²) in [4.78, 5) is 42.3. The van der Waals surface area contributed by atoms with Crippen molar-refractivity contribution in [1.29, 1.82) is 0 Å². The number of dihydropyridines is 1. The van der Waals surface area contributed by atoms with Crippen LogP contribution in [0, 0.1) is 10.1 Å². The number of carbonyl (C=O) groups is 2. The number of allylic oxidation sites excluding steroid dienone is 2. The number of imidazole rings is 1. The Bertz CT molecular complexity index is 1010. The number of hydrogen-bond acceptors (Lipinski definition) is 8. The van der Waals surface area contributed by atoms with Gasteiger partial charge in [0, 0.05) is 11.4 Å². The molecule has 4 rings (SSSR count). The number of nitrogens with zero attached hydrogens (tertiary/aromatic N) is 3. The average Bonchev–Trinajstić information content (AvgIpc) is 3.21. The van der Waals surface area contributed by atoms with Gasteiger partial charge in [0.1, 0.15) is 24.3 Å². The van der Waals surface area contributed by atoms with Gasteiger partial charge in [0.05, 0.1) is 18.2 Å². The van der Waals surface area contributed by atoms with Gasteiger partial charge in [-0.1, -0.05) is 12.8 Å². The van der Waals surface area contributed by atoms with E-state index in [4.69, 9.17) is 9.47 Å². The van der Waals surface area contributed by atoms with E-state index in [1.165, 1.54) is 11.6 Å². The highest BCUT2D eigenvalue weighted by Gasteiger charge is 2.43. The second kappa shape index (κ2) is 10.6. The highest BCUT2D eigenvalue weighted by Crippen LogP contribution is 2.40. The summed E-state index contributed by atoms with van der Waals surface area (Å²) in [6.45, 7) is 3.49. The van der Waals surface area contributed by atoms with E-state index in [0.29, 0.717) is 11.4 Å². The molecule has 10 nitrogen and oxygen atoms in total. The first kappa shape index (κ1) is 24.9. The summed E-state index contributed by atoms with van der Waals surface area (Å²) in [5.41, 5.74) is 1.54. The van der Waals surface area contributed by atoms with Crippen LogP contribution in [0.2, 0.25) is 0 Å². The van der Waals surface area contributed by atoms with Crippen LogP contribution in [0.3, 0.4) is 0 Å². The fraction of sp³-hybridized carbons (Fsp3) is 0.640. The van der Waals surface area contributed by atoms with Gasteiger partial charge in [-0.2, -0.15) is 0 Å². The topological polar surface area (TPSA) is 126 Å². The molecule has 0 bridgehead atoms. The van der Waals surface area contributed by atoms with Crippen LogP contribution in [0.25, 0.3) is 0 Å². The molecule has 2 fully saturated rings. The zero-order valence-electron chi connectivity index (χ0n) is 20.7. The minimum atomic E-state index is -0.942. The first-order valence-electron chi connectivity index (χ1n) is 12.5. The van der Waals surface area contributed by atoms with Crippen molar-refractivity contribution in [2.45, 2.75) is 96.2 Å². The summed E-state index contributed by atoms with van der Waals surface area (Å²) in [6.07, 6.45) is 10.2. The zero-order valence-corrected chi connectivity index (χ0v) is 20.7. The van der Waals surface area contributed by atoms with E-state index in [1.807, 2.05) is 0 Å². The van der Waals surface area contributed by atoms with Crippen LogP contribution >= 0.6 is 0 Å². The number of nitrogens with one attached hydrogen (secondary N) is 1. The Balaban J connectivity index is 1.72. The third-order valence-corrected chi connectivity index (χ3v) is 7.30. The van der Waals surface area contributed by atoms with Gasteiger partial charge in [-0.15, -0.1) is 0 Å². The van der Waals surface area contributed by atoms with E-state index in [9.17, 15) is 19.7 Å². The highest BCUT2D eigenvalue weighted by molar-refractivity contribution is 5.99. The SMILES string of the molecule is CC1=C(C(=O)OC2CCCCC2)C(c2ncc([N+](=O)[O-])n2C)C(C(=O)OC2CCCCC2)=C(C)N1. The molecule has 1 aromatic heterocycles. The van der Waals surface area contributed by atoms with Gasteiger partial charge in [0.25, 0.3) is 0 Å². The van der Waals surface area contributed by atoms with Gasteiger partial charge in [0.2, 0.25) is 5.82 Å². The summed E-state index contributed by atoms with van der Waals surface area (Å²) in [5.74, 6) is -2.01. The minimum Gasteiger partial charge on any atom is -0.459 e. The number of esters is 2. The summed E-state index contributed by atoms with van der Waals surface area (Å²) in [7, 11) is 1.52. The lowest BCUT2D eigenvalue weighted by Crippen LogP contribution is -2.36. The number of hydrogen-bond donors (Lipinski definition) is 1. The Kier molecular flexibility index (Phi) is 7.57. The molecular weight excluding hydrogens is 452 g/mol. The number of nitro groups is 1. The summed E-state index contributed by atoms with van der Waals surface area (Å²) < 4.78 is 13.1. The van der Waals surface area contributed by atoms with E-state index in [1.54, 1.807) is 13.8 Å². The smallest absolute Gasteiger partial charge is 0.342 e. The lowest BCUT2D eigenvalue weighted by Gasteiger charge is -2.31. The fourth-order valence-corrected chi connectivity index (χ4v) is 5.44. The Hall–Kier alpha value is -3.17. The van der Waals surface area contributed by atoms with Gasteiger partial charge < -0.3 is 24.9 Å².